The summed E-state index contributed by atoms with van der Waals surface area (Å²) in [6.45, 7) is 1.13. The van der Waals surface area contributed by atoms with Crippen molar-refractivity contribution in [1.82, 2.24) is 5.32 Å². The average Bonchev–Trinajstić information content (AvgIpc) is 3.13. The van der Waals surface area contributed by atoms with E-state index in [2.05, 4.69) is 5.32 Å². The summed E-state index contributed by atoms with van der Waals surface area (Å²) in [6.07, 6.45) is 1.97. The Hall–Kier alpha value is -2.67. The van der Waals surface area contributed by atoms with Gasteiger partial charge in [-0.2, -0.15) is 0 Å². The van der Waals surface area contributed by atoms with Crippen molar-refractivity contribution >= 4 is 29.3 Å². The molecule has 1 fully saturated rings. The molecule has 0 unspecified atom stereocenters. The quantitative estimate of drug-likeness (QED) is 0.785. The molecule has 0 spiro atoms. The van der Waals surface area contributed by atoms with Crippen LogP contribution in [0.15, 0.2) is 53.4 Å². The Kier molecular flexibility index (Phi) is 5.43. The smallest absolute Gasteiger partial charge is 0.227 e. The lowest BCUT2D eigenvalue weighted by Gasteiger charge is -2.26. The fourth-order valence-corrected chi connectivity index (χ4v) is 3.89. The first-order valence-corrected chi connectivity index (χ1v) is 10.5. The summed E-state index contributed by atoms with van der Waals surface area (Å²) in [5.74, 6) is 0.893. The van der Waals surface area contributed by atoms with E-state index in [-0.39, 0.29) is 30.3 Å². The van der Waals surface area contributed by atoms with E-state index in [0.29, 0.717) is 25.4 Å². The molecular weight excluding hydrogens is 376 g/mol. The zero-order valence-corrected chi connectivity index (χ0v) is 16.4. The van der Waals surface area contributed by atoms with Crippen LogP contribution in [0.3, 0.4) is 0 Å². The second-order valence-electron chi connectivity index (χ2n) is 6.85. The van der Waals surface area contributed by atoms with Gasteiger partial charge >= 0.3 is 0 Å². The lowest BCUT2D eigenvalue weighted by Crippen LogP contribution is -2.43. The first-order chi connectivity index (χ1) is 13.6. The topological polar surface area (TPSA) is 67.9 Å². The maximum atomic E-state index is 12.6. The van der Waals surface area contributed by atoms with Gasteiger partial charge < -0.3 is 19.7 Å². The van der Waals surface area contributed by atoms with Crippen molar-refractivity contribution in [2.45, 2.75) is 17.4 Å². The molecule has 2 aromatic carbocycles. The molecule has 2 aliphatic rings. The van der Waals surface area contributed by atoms with E-state index < -0.39 is 0 Å². The maximum absolute atomic E-state index is 12.6. The highest BCUT2D eigenvalue weighted by Crippen LogP contribution is 2.31. The van der Waals surface area contributed by atoms with Crippen molar-refractivity contribution in [3.63, 3.8) is 0 Å². The van der Waals surface area contributed by atoms with Gasteiger partial charge in [0.2, 0.25) is 11.8 Å². The summed E-state index contributed by atoms with van der Waals surface area (Å²) in [5.41, 5.74) is 0.841. The summed E-state index contributed by atoms with van der Waals surface area (Å²) < 4.78 is 11.5. The van der Waals surface area contributed by atoms with Gasteiger partial charge in [-0.15, -0.1) is 11.8 Å². The lowest BCUT2D eigenvalue weighted by molar-refractivity contribution is -0.126. The third-order valence-corrected chi connectivity index (χ3v) is 5.66. The number of fused-ring (bicyclic) bond motifs is 1. The van der Waals surface area contributed by atoms with Crippen molar-refractivity contribution in [3.05, 3.63) is 48.5 Å². The highest BCUT2D eigenvalue weighted by Gasteiger charge is 2.35. The number of nitrogens with zero attached hydrogens (tertiary/aromatic N) is 1. The number of ether oxygens (including phenoxy) is 2. The molecule has 2 aliphatic heterocycles. The predicted molar refractivity (Wildman–Crippen MR) is 108 cm³/mol. The fourth-order valence-electron chi connectivity index (χ4n) is 3.43. The molecule has 0 radical (unpaired) electrons. The van der Waals surface area contributed by atoms with E-state index in [1.165, 1.54) is 0 Å². The number of amides is 2. The van der Waals surface area contributed by atoms with Crippen molar-refractivity contribution < 1.29 is 19.1 Å². The van der Waals surface area contributed by atoms with E-state index >= 15 is 0 Å². The number of anilines is 1. The number of hydrogen-bond acceptors (Lipinski definition) is 5. The molecule has 1 N–H and O–H groups in total. The number of para-hydroxylation sites is 2. The van der Waals surface area contributed by atoms with Crippen LogP contribution in [-0.4, -0.2) is 43.9 Å². The van der Waals surface area contributed by atoms with E-state index in [1.54, 1.807) is 16.7 Å². The van der Waals surface area contributed by atoms with Gasteiger partial charge in [0.25, 0.3) is 0 Å². The fraction of sp³-hybridized carbons (Fsp3) is 0.333. The van der Waals surface area contributed by atoms with Crippen LogP contribution >= 0.6 is 11.8 Å². The zero-order chi connectivity index (χ0) is 19.5. The van der Waals surface area contributed by atoms with Gasteiger partial charge in [-0.1, -0.05) is 18.2 Å². The van der Waals surface area contributed by atoms with Gasteiger partial charge in [-0.25, -0.2) is 0 Å². The van der Waals surface area contributed by atoms with Crippen LogP contribution in [0.4, 0.5) is 5.69 Å². The average molecular weight is 398 g/mol. The normalized spacial score (nSPS) is 20.9. The predicted octanol–water partition coefficient (Wildman–Crippen LogP) is 2.72. The summed E-state index contributed by atoms with van der Waals surface area (Å²) in [6, 6.07) is 15.3. The molecule has 4 rings (SSSR count). The molecule has 2 atom stereocenters. The molecule has 0 aromatic heterocycles. The van der Waals surface area contributed by atoms with E-state index in [1.807, 2.05) is 54.8 Å². The zero-order valence-electron chi connectivity index (χ0n) is 15.6. The SMILES string of the molecule is CSc1cccc(N2C[C@@H](C(=O)NC[C@@H]3COc4ccccc4O3)CC2=O)c1. The van der Waals surface area contributed by atoms with Gasteiger partial charge in [-0.3, -0.25) is 9.59 Å². The summed E-state index contributed by atoms with van der Waals surface area (Å²) in [7, 11) is 0. The summed E-state index contributed by atoms with van der Waals surface area (Å²) in [4.78, 5) is 27.8. The molecule has 6 nitrogen and oxygen atoms in total. The third kappa shape index (κ3) is 3.94. The Labute approximate surface area is 168 Å². The Balaban J connectivity index is 1.33. The first kappa shape index (κ1) is 18.7. The van der Waals surface area contributed by atoms with E-state index in [0.717, 1.165) is 16.3 Å². The van der Waals surface area contributed by atoms with Crippen LogP contribution in [0.1, 0.15) is 6.42 Å². The van der Waals surface area contributed by atoms with Gasteiger partial charge in [0.1, 0.15) is 12.7 Å². The molecule has 2 heterocycles. The molecule has 2 aromatic rings. The molecule has 0 aliphatic carbocycles. The molecule has 2 amide bonds. The number of carbonyl (C=O) groups excluding carboxylic acids is 2. The maximum Gasteiger partial charge on any atom is 0.227 e. The van der Waals surface area contributed by atoms with Gasteiger partial charge in [0, 0.05) is 23.5 Å². The number of benzene rings is 2. The Bertz CT molecular complexity index is 888. The third-order valence-electron chi connectivity index (χ3n) is 4.93. The standard InChI is InChI=1S/C21H22N2O4S/c1-28-17-6-4-5-15(10-17)23-12-14(9-20(23)24)21(25)22-11-16-13-26-18-7-2-3-8-19(18)27-16/h2-8,10,14,16H,9,11-13H2,1H3,(H,22,25)/t14-,16+/m0/s1. The van der Waals surface area contributed by atoms with Crippen LogP contribution in [-0.2, 0) is 9.59 Å². The monoisotopic (exact) mass is 398 g/mol. The number of hydrogen-bond donors (Lipinski definition) is 1. The minimum Gasteiger partial charge on any atom is -0.486 e. The summed E-state index contributed by atoms with van der Waals surface area (Å²) >= 11 is 1.63. The van der Waals surface area contributed by atoms with Crippen LogP contribution in [0.2, 0.25) is 0 Å². The summed E-state index contributed by atoms with van der Waals surface area (Å²) in [5, 5.41) is 2.91. The Morgan fingerprint density at radius 2 is 2.04 bits per heavy atom. The largest absolute Gasteiger partial charge is 0.486 e. The molecule has 7 heteroatoms. The minimum atomic E-state index is -0.359. The molecule has 0 bridgehead atoms. The molecular formula is C21H22N2O4S. The highest BCUT2D eigenvalue weighted by atomic mass is 32.2. The second-order valence-corrected chi connectivity index (χ2v) is 7.73. The van der Waals surface area contributed by atoms with E-state index in [9.17, 15) is 9.59 Å². The molecule has 28 heavy (non-hydrogen) atoms. The number of nitrogens with one attached hydrogen (secondary N) is 1. The minimum absolute atomic E-state index is 0.0235. The number of carbonyl (C=O) groups is 2. The van der Waals surface area contributed by atoms with Gasteiger partial charge in [0.15, 0.2) is 11.5 Å². The van der Waals surface area contributed by atoms with Crippen LogP contribution in [0, 0.1) is 5.92 Å². The van der Waals surface area contributed by atoms with Crippen molar-refractivity contribution in [1.29, 1.82) is 0 Å². The number of rotatable bonds is 5. The van der Waals surface area contributed by atoms with Crippen molar-refractivity contribution in [2.75, 3.05) is 30.9 Å². The van der Waals surface area contributed by atoms with Crippen molar-refractivity contribution in [2.24, 2.45) is 5.92 Å². The highest BCUT2D eigenvalue weighted by molar-refractivity contribution is 7.98. The van der Waals surface area contributed by atoms with Crippen LogP contribution in [0.25, 0.3) is 0 Å². The van der Waals surface area contributed by atoms with Crippen molar-refractivity contribution in [3.8, 4) is 11.5 Å². The van der Waals surface area contributed by atoms with Crippen LogP contribution in [0.5, 0.6) is 11.5 Å². The molecule has 0 saturated carbocycles. The van der Waals surface area contributed by atoms with E-state index in [4.69, 9.17) is 9.47 Å². The first-order valence-electron chi connectivity index (χ1n) is 9.24. The number of thioether (sulfide) groups is 1. The lowest BCUT2D eigenvalue weighted by atomic mass is 10.1. The van der Waals surface area contributed by atoms with Crippen LogP contribution < -0.4 is 19.7 Å². The van der Waals surface area contributed by atoms with Gasteiger partial charge in [-0.05, 0) is 36.6 Å². The second kappa shape index (κ2) is 8.14. The van der Waals surface area contributed by atoms with Gasteiger partial charge in [0.05, 0.1) is 12.5 Å². The Morgan fingerprint density at radius 3 is 2.86 bits per heavy atom. The Morgan fingerprint density at radius 1 is 1.21 bits per heavy atom. The molecule has 146 valence electrons. The molecule has 1 saturated heterocycles.